The predicted molar refractivity (Wildman–Crippen MR) is 66.4 cm³/mol. The molecule has 1 rings (SSSR count). The van der Waals surface area contributed by atoms with Gasteiger partial charge in [-0.15, -0.1) is 11.6 Å². The maximum Gasteiger partial charge on any atom is 0.416 e. The molecular formula is C13H14ClF3O2. The van der Waals surface area contributed by atoms with Gasteiger partial charge >= 0.3 is 12.1 Å². The smallest absolute Gasteiger partial charge is 0.416 e. The summed E-state index contributed by atoms with van der Waals surface area (Å²) in [6.07, 6.45) is -2.73. The van der Waals surface area contributed by atoms with Crippen molar-refractivity contribution in [3.8, 4) is 0 Å². The van der Waals surface area contributed by atoms with Crippen LogP contribution in [0, 0.1) is 0 Å². The normalized spacial score (nSPS) is 13.3. The summed E-state index contributed by atoms with van der Waals surface area (Å²) in [4.78, 5) is 11.1. The fourth-order valence-corrected chi connectivity index (χ4v) is 1.97. The Hall–Kier alpha value is -1.23. The number of hydrogen-bond donors (Lipinski definition) is 1. The SMILES string of the molecule is O=C(O)C(CCCCCl)c1ccc(C(F)(F)F)cc1. The summed E-state index contributed by atoms with van der Waals surface area (Å²) < 4.78 is 37.2. The van der Waals surface area contributed by atoms with Crippen LogP contribution in [0.2, 0.25) is 0 Å². The number of hydrogen-bond acceptors (Lipinski definition) is 1. The molecule has 0 spiro atoms. The molecule has 0 fully saturated rings. The summed E-state index contributed by atoms with van der Waals surface area (Å²) in [6, 6.07) is 4.27. The van der Waals surface area contributed by atoms with Crippen molar-refractivity contribution in [2.45, 2.75) is 31.4 Å². The van der Waals surface area contributed by atoms with E-state index in [1.165, 1.54) is 12.1 Å². The van der Waals surface area contributed by atoms with Gasteiger partial charge < -0.3 is 5.11 Å². The highest BCUT2D eigenvalue weighted by atomic mass is 35.5. The highest BCUT2D eigenvalue weighted by molar-refractivity contribution is 6.17. The first-order valence-electron chi connectivity index (χ1n) is 5.82. The van der Waals surface area contributed by atoms with Gasteiger partial charge in [-0.25, -0.2) is 0 Å². The van der Waals surface area contributed by atoms with Crippen LogP contribution >= 0.6 is 11.6 Å². The van der Waals surface area contributed by atoms with Gasteiger partial charge in [0.25, 0.3) is 0 Å². The van der Waals surface area contributed by atoms with Crippen molar-refractivity contribution in [2.75, 3.05) is 5.88 Å². The fourth-order valence-electron chi connectivity index (χ4n) is 1.78. The van der Waals surface area contributed by atoms with Crippen LogP contribution in [0.5, 0.6) is 0 Å². The van der Waals surface area contributed by atoms with Crippen molar-refractivity contribution < 1.29 is 23.1 Å². The third-order valence-electron chi connectivity index (χ3n) is 2.81. The zero-order valence-corrected chi connectivity index (χ0v) is 10.8. The first-order valence-corrected chi connectivity index (χ1v) is 6.35. The van der Waals surface area contributed by atoms with E-state index < -0.39 is 23.6 Å². The van der Waals surface area contributed by atoms with Crippen molar-refractivity contribution in [3.63, 3.8) is 0 Å². The molecule has 0 aliphatic carbocycles. The molecule has 0 bridgehead atoms. The quantitative estimate of drug-likeness (QED) is 0.628. The summed E-state index contributed by atoms with van der Waals surface area (Å²) >= 11 is 5.51. The van der Waals surface area contributed by atoms with Crippen LogP contribution < -0.4 is 0 Å². The molecule has 19 heavy (non-hydrogen) atoms. The van der Waals surface area contributed by atoms with E-state index in [0.29, 0.717) is 30.7 Å². The summed E-state index contributed by atoms with van der Waals surface area (Å²) in [5, 5.41) is 9.10. The maximum absolute atomic E-state index is 12.4. The number of benzene rings is 1. The molecule has 1 atom stereocenters. The minimum absolute atomic E-state index is 0.368. The number of carboxylic acid groups (broad SMARTS) is 1. The number of alkyl halides is 4. The molecule has 0 saturated heterocycles. The second-order valence-electron chi connectivity index (χ2n) is 4.20. The number of unbranched alkanes of at least 4 members (excludes halogenated alkanes) is 1. The average Bonchev–Trinajstić information content (AvgIpc) is 2.33. The summed E-state index contributed by atoms with van der Waals surface area (Å²) in [7, 11) is 0. The Balaban J connectivity index is 2.83. The van der Waals surface area contributed by atoms with Gasteiger partial charge in [0.15, 0.2) is 0 Å². The molecule has 1 N–H and O–H groups in total. The molecule has 6 heteroatoms. The van der Waals surface area contributed by atoms with E-state index in [1.807, 2.05) is 0 Å². The van der Waals surface area contributed by atoms with Gasteiger partial charge in [-0.05, 0) is 30.5 Å². The van der Waals surface area contributed by atoms with Crippen molar-refractivity contribution in [2.24, 2.45) is 0 Å². The number of carbonyl (C=O) groups is 1. The Morgan fingerprint density at radius 2 is 1.79 bits per heavy atom. The molecule has 0 heterocycles. The van der Waals surface area contributed by atoms with Crippen molar-refractivity contribution >= 4 is 17.6 Å². The van der Waals surface area contributed by atoms with Crippen LogP contribution in [-0.2, 0) is 11.0 Å². The van der Waals surface area contributed by atoms with E-state index in [4.69, 9.17) is 16.7 Å². The molecule has 0 amide bonds. The number of halogens is 4. The molecule has 0 saturated carbocycles. The molecule has 2 nitrogen and oxygen atoms in total. The van der Waals surface area contributed by atoms with Gasteiger partial charge in [-0.2, -0.15) is 13.2 Å². The van der Waals surface area contributed by atoms with E-state index >= 15 is 0 Å². The van der Waals surface area contributed by atoms with Crippen LogP contribution in [0.1, 0.15) is 36.3 Å². The first-order chi connectivity index (χ1) is 8.86. The Labute approximate surface area is 114 Å². The van der Waals surface area contributed by atoms with E-state index in [1.54, 1.807) is 0 Å². The minimum Gasteiger partial charge on any atom is -0.481 e. The molecular weight excluding hydrogens is 281 g/mol. The molecule has 0 aromatic heterocycles. The van der Waals surface area contributed by atoms with Gasteiger partial charge in [0, 0.05) is 5.88 Å². The Morgan fingerprint density at radius 1 is 1.21 bits per heavy atom. The summed E-state index contributed by atoms with van der Waals surface area (Å²) in [5.41, 5.74) is -0.392. The van der Waals surface area contributed by atoms with Crippen LogP contribution in [0.15, 0.2) is 24.3 Å². The summed E-state index contributed by atoms with van der Waals surface area (Å²) in [6.45, 7) is 0. The average molecular weight is 295 g/mol. The first kappa shape index (κ1) is 15.8. The molecule has 1 aromatic rings. The fraction of sp³-hybridized carbons (Fsp3) is 0.462. The van der Waals surface area contributed by atoms with Gasteiger partial charge in [0.05, 0.1) is 11.5 Å². The highest BCUT2D eigenvalue weighted by Gasteiger charge is 2.30. The molecule has 106 valence electrons. The standard InChI is InChI=1S/C13H14ClF3O2/c14-8-2-1-3-11(12(18)19)9-4-6-10(7-5-9)13(15,16)17/h4-7,11H,1-3,8H2,(H,18,19). The third kappa shape index (κ3) is 4.74. The Morgan fingerprint density at radius 3 is 2.21 bits per heavy atom. The lowest BCUT2D eigenvalue weighted by Crippen LogP contribution is -2.12. The van der Waals surface area contributed by atoms with Crippen LogP contribution in [0.4, 0.5) is 13.2 Å². The largest absolute Gasteiger partial charge is 0.481 e. The molecule has 1 aromatic carbocycles. The van der Waals surface area contributed by atoms with Gasteiger partial charge in [0.2, 0.25) is 0 Å². The molecule has 0 radical (unpaired) electrons. The van der Waals surface area contributed by atoms with Crippen LogP contribution in [0.25, 0.3) is 0 Å². The molecule has 1 unspecified atom stereocenters. The monoisotopic (exact) mass is 294 g/mol. The van der Waals surface area contributed by atoms with E-state index in [0.717, 1.165) is 12.1 Å². The second-order valence-corrected chi connectivity index (χ2v) is 4.57. The van der Waals surface area contributed by atoms with Crippen molar-refractivity contribution in [1.82, 2.24) is 0 Å². The predicted octanol–water partition coefficient (Wildman–Crippen LogP) is 4.28. The Kier molecular flexibility index (Phi) is 5.66. The maximum atomic E-state index is 12.4. The lowest BCUT2D eigenvalue weighted by molar-refractivity contribution is -0.139. The van der Waals surface area contributed by atoms with E-state index in [-0.39, 0.29) is 0 Å². The van der Waals surface area contributed by atoms with Gasteiger partial charge in [0.1, 0.15) is 0 Å². The number of rotatable bonds is 6. The molecule has 0 aliphatic heterocycles. The van der Waals surface area contributed by atoms with E-state index in [2.05, 4.69) is 0 Å². The zero-order valence-electron chi connectivity index (χ0n) is 10.1. The summed E-state index contributed by atoms with van der Waals surface area (Å²) in [5.74, 6) is -1.38. The van der Waals surface area contributed by atoms with Crippen LogP contribution in [-0.4, -0.2) is 17.0 Å². The second kappa shape index (κ2) is 6.80. The Bertz CT molecular complexity index is 415. The zero-order chi connectivity index (χ0) is 14.5. The molecule has 0 aliphatic rings. The van der Waals surface area contributed by atoms with Crippen molar-refractivity contribution in [1.29, 1.82) is 0 Å². The van der Waals surface area contributed by atoms with Crippen molar-refractivity contribution in [3.05, 3.63) is 35.4 Å². The lowest BCUT2D eigenvalue weighted by atomic mass is 9.93. The number of carboxylic acids is 1. The lowest BCUT2D eigenvalue weighted by Gasteiger charge is -2.13. The number of aliphatic carboxylic acids is 1. The van der Waals surface area contributed by atoms with Gasteiger partial charge in [-0.1, -0.05) is 18.6 Å². The van der Waals surface area contributed by atoms with Crippen LogP contribution in [0.3, 0.4) is 0 Å². The highest BCUT2D eigenvalue weighted by Crippen LogP contribution is 2.31. The topological polar surface area (TPSA) is 37.3 Å². The third-order valence-corrected chi connectivity index (χ3v) is 3.08. The van der Waals surface area contributed by atoms with Gasteiger partial charge in [-0.3, -0.25) is 4.79 Å². The van der Waals surface area contributed by atoms with E-state index in [9.17, 15) is 18.0 Å². The minimum atomic E-state index is -4.41.